The number of benzene rings is 2. The van der Waals surface area contributed by atoms with Gasteiger partial charge in [-0.2, -0.15) is 0 Å². The predicted octanol–water partition coefficient (Wildman–Crippen LogP) is 1.87. The molecule has 0 aliphatic carbocycles. The molecule has 0 amide bonds. The molecule has 0 saturated heterocycles. The number of esters is 1. The van der Waals surface area contributed by atoms with Crippen LogP contribution in [0.4, 0.5) is 17.1 Å². The van der Waals surface area contributed by atoms with Gasteiger partial charge in [0.1, 0.15) is 6.54 Å². The van der Waals surface area contributed by atoms with Crippen LogP contribution in [0.25, 0.3) is 0 Å². The number of para-hydroxylation sites is 1. The van der Waals surface area contributed by atoms with Gasteiger partial charge in [0, 0.05) is 6.07 Å². The number of hydrogen-bond acceptors (Lipinski definition) is 8. The number of carbonyl (C=O) groups excluding carboxylic acids is 1. The van der Waals surface area contributed by atoms with Crippen LogP contribution in [0.2, 0.25) is 0 Å². The number of methoxy groups -OCH3 is 1. The Morgan fingerprint density at radius 1 is 1.07 bits per heavy atom. The van der Waals surface area contributed by atoms with Crippen molar-refractivity contribution in [3.63, 3.8) is 0 Å². The van der Waals surface area contributed by atoms with Crippen molar-refractivity contribution < 1.29 is 27.8 Å². The highest BCUT2D eigenvalue weighted by Gasteiger charge is 2.35. The Kier molecular flexibility index (Phi) is 5.70. The van der Waals surface area contributed by atoms with E-state index in [1.165, 1.54) is 24.3 Å². The molecule has 0 heterocycles. The van der Waals surface area contributed by atoms with E-state index in [4.69, 9.17) is 0 Å². The zero-order valence-electron chi connectivity index (χ0n) is 13.8. The third-order valence-electron chi connectivity index (χ3n) is 3.46. The van der Waals surface area contributed by atoms with Crippen LogP contribution in [0.5, 0.6) is 0 Å². The summed E-state index contributed by atoms with van der Waals surface area (Å²) in [7, 11) is -3.55. The van der Waals surface area contributed by atoms with Crippen LogP contribution in [-0.2, 0) is 19.6 Å². The highest BCUT2D eigenvalue weighted by molar-refractivity contribution is 7.93. The van der Waals surface area contributed by atoms with E-state index in [0.717, 1.165) is 19.2 Å². The van der Waals surface area contributed by atoms with Gasteiger partial charge in [-0.25, -0.2) is 8.42 Å². The van der Waals surface area contributed by atoms with Crippen molar-refractivity contribution in [2.45, 2.75) is 4.90 Å². The molecule has 0 radical (unpaired) electrons. The molecule has 2 rings (SSSR count). The Bertz CT molecular complexity index is 991. The van der Waals surface area contributed by atoms with Crippen molar-refractivity contribution in [1.29, 1.82) is 0 Å². The molecule has 11 nitrogen and oxygen atoms in total. The van der Waals surface area contributed by atoms with Gasteiger partial charge >= 0.3 is 5.97 Å². The molecule has 0 bridgehead atoms. The summed E-state index contributed by atoms with van der Waals surface area (Å²) in [6, 6.07) is 9.56. The molecule has 12 heteroatoms. The summed E-state index contributed by atoms with van der Waals surface area (Å²) in [4.78, 5) is 31.1. The third kappa shape index (κ3) is 4.17. The zero-order chi connectivity index (χ0) is 20.2. The maximum absolute atomic E-state index is 13.0. The fraction of sp³-hybridized carbons (Fsp3) is 0.133. The minimum Gasteiger partial charge on any atom is -0.468 e. The smallest absolute Gasteiger partial charge is 0.326 e. The Balaban J connectivity index is 2.67. The van der Waals surface area contributed by atoms with Crippen molar-refractivity contribution in [2.75, 3.05) is 18.0 Å². The molecule has 0 unspecified atom stereocenters. The van der Waals surface area contributed by atoms with E-state index in [1.807, 2.05) is 0 Å². The average molecular weight is 395 g/mol. The number of carbonyl (C=O) groups is 1. The van der Waals surface area contributed by atoms with E-state index in [-0.39, 0.29) is 5.69 Å². The molecule has 27 heavy (non-hydrogen) atoms. The number of hydrogen-bond donors (Lipinski definition) is 0. The van der Waals surface area contributed by atoms with Gasteiger partial charge < -0.3 is 4.74 Å². The molecule has 0 saturated carbocycles. The van der Waals surface area contributed by atoms with Gasteiger partial charge in [0.05, 0.1) is 28.7 Å². The van der Waals surface area contributed by atoms with Gasteiger partial charge in [0.2, 0.25) is 0 Å². The van der Waals surface area contributed by atoms with E-state index in [0.29, 0.717) is 10.4 Å². The summed E-state index contributed by atoms with van der Waals surface area (Å²) in [5.74, 6) is -0.896. The predicted molar refractivity (Wildman–Crippen MR) is 92.7 cm³/mol. The first-order chi connectivity index (χ1) is 12.7. The van der Waals surface area contributed by atoms with Crippen molar-refractivity contribution in [2.24, 2.45) is 0 Å². The molecular weight excluding hydrogens is 382 g/mol. The van der Waals surface area contributed by atoms with Gasteiger partial charge in [0.15, 0.2) is 4.90 Å². The minimum absolute atomic E-state index is 0.0653. The first-order valence-electron chi connectivity index (χ1n) is 7.26. The van der Waals surface area contributed by atoms with Gasteiger partial charge in [-0.3, -0.25) is 29.3 Å². The third-order valence-corrected chi connectivity index (χ3v) is 5.28. The summed E-state index contributed by atoms with van der Waals surface area (Å²) in [6.07, 6.45) is 0. The molecule has 0 N–H and O–H groups in total. The van der Waals surface area contributed by atoms with Crippen molar-refractivity contribution >= 4 is 33.1 Å². The summed E-state index contributed by atoms with van der Waals surface area (Å²) >= 11 is 0. The molecule has 0 aliphatic heterocycles. The minimum atomic E-state index is -4.61. The van der Waals surface area contributed by atoms with Crippen LogP contribution in [0.1, 0.15) is 0 Å². The number of ether oxygens (including phenoxy) is 1. The average Bonchev–Trinajstić information content (AvgIpc) is 2.65. The zero-order valence-corrected chi connectivity index (χ0v) is 14.7. The second-order valence-corrected chi connectivity index (χ2v) is 6.92. The Morgan fingerprint density at radius 3 is 2.22 bits per heavy atom. The number of rotatable bonds is 7. The van der Waals surface area contributed by atoms with Crippen LogP contribution < -0.4 is 4.31 Å². The molecule has 0 aromatic heterocycles. The Labute approximate surface area is 153 Å². The first-order valence-corrected chi connectivity index (χ1v) is 8.70. The standard InChI is InChI=1S/C15H13N3O8S/c1-26-15(19)10-16(11-5-3-2-4-6-11)27(24,25)14-8-7-12(17(20)21)9-13(14)18(22)23/h2-9H,10H2,1H3. The number of sulfonamides is 1. The molecule has 142 valence electrons. The van der Waals surface area contributed by atoms with Crippen molar-refractivity contribution in [3.8, 4) is 0 Å². The fourth-order valence-corrected chi connectivity index (χ4v) is 3.74. The van der Waals surface area contributed by atoms with Gasteiger partial charge in [-0.05, 0) is 18.2 Å². The maximum Gasteiger partial charge on any atom is 0.326 e. The fourth-order valence-electron chi connectivity index (χ4n) is 2.19. The summed E-state index contributed by atoms with van der Waals surface area (Å²) in [6.45, 7) is -0.739. The quantitative estimate of drug-likeness (QED) is 0.391. The first kappa shape index (κ1) is 19.8. The largest absolute Gasteiger partial charge is 0.468 e. The van der Waals surface area contributed by atoms with E-state index >= 15 is 0 Å². The molecule has 0 fully saturated rings. The molecular formula is C15H13N3O8S. The highest BCUT2D eigenvalue weighted by atomic mass is 32.2. The molecule has 0 spiro atoms. The van der Waals surface area contributed by atoms with Crippen LogP contribution >= 0.6 is 0 Å². The van der Waals surface area contributed by atoms with Crippen LogP contribution in [-0.4, -0.2) is 37.9 Å². The van der Waals surface area contributed by atoms with Gasteiger partial charge in [0.25, 0.3) is 21.4 Å². The maximum atomic E-state index is 13.0. The number of nitro groups is 2. The normalized spacial score (nSPS) is 10.9. The number of nitro benzene ring substituents is 2. The van der Waals surface area contributed by atoms with Crippen molar-refractivity contribution in [3.05, 3.63) is 68.8 Å². The van der Waals surface area contributed by atoms with Crippen LogP contribution in [0, 0.1) is 20.2 Å². The van der Waals surface area contributed by atoms with E-state index < -0.39 is 48.7 Å². The SMILES string of the molecule is COC(=O)CN(c1ccccc1)S(=O)(=O)c1ccc([N+](=O)[O-])cc1[N+](=O)[O-]. The van der Waals surface area contributed by atoms with Gasteiger partial charge in [-0.1, -0.05) is 18.2 Å². The van der Waals surface area contributed by atoms with Crippen LogP contribution in [0.3, 0.4) is 0 Å². The van der Waals surface area contributed by atoms with E-state index in [9.17, 15) is 33.4 Å². The lowest BCUT2D eigenvalue weighted by atomic mass is 10.3. The van der Waals surface area contributed by atoms with E-state index in [1.54, 1.807) is 6.07 Å². The summed E-state index contributed by atoms with van der Waals surface area (Å²) < 4.78 is 31.2. The summed E-state index contributed by atoms with van der Waals surface area (Å²) in [5.41, 5.74) is -1.55. The van der Waals surface area contributed by atoms with E-state index in [2.05, 4.69) is 4.74 Å². The highest BCUT2D eigenvalue weighted by Crippen LogP contribution is 2.32. The molecule has 0 aliphatic rings. The van der Waals surface area contributed by atoms with Crippen LogP contribution in [0.15, 0.2) is 53.4 Å². The summed E-state index contributed by atoms with van der Waals surface area (Å²) in [5, 5.41) is 22.1. The Hall–Kier alpha value is -3.54. The second kappa shape index (κ2) is 7.78. The lowest BCUT2D eigenvalue weighted by Crippen LogP contribution is -2.36. The molecule has 0 atom stereocenters. The second-order valence-electron chi connectivity index (χ2n) is 5.09. The lowest BCUT2D eigenvalue weighted by molar-refractivity contribution is -0.396. The monoisotopic (exact) mass is 395 g/mol. The van der Waals surface area contributed by atoms with Crippen molar-refractivity contribution in [1.82, 2.24) is 0 Å². The number of anilines is 1. The van der Waals surface area contributed by atoms with Gasteiger partial charge in [-0.15, -0.1) is 0 Å². The number of non-ortho nitro benzene ring substituents is 1. The molecule has 2 aromatic rings. The lowest BCUT2D eigenvalue weighted by Gasteiger charge is -2.23. The Morgan fingerprint density at radius 2 is 1.70 bits per heavy atom. The topological polar surface area (TPSA) is 150 Å². The number of nitrogens with zero attached hydrogens (tertiary/aromatic N) is 3. The molecule has 2 aromatic carbocycles.